The highest BCUT2D eigenvalue weighted by molar-refractivity contribution is 4.85. The van der Waals surface area contributed by atoms with Crippen molar-refractivity contribution in [3.8, 4) is 0 Å². The van der Waals surface area contributed by atoms with Crippen molar-refractivity contribution in [2.75, 3.05) is 0 Å². The van der Waals surface area contributed by atoms with Crippen LogP contribution >= 0.6 is 0 Å². The first-order valence-corrected chi connectivity index (χ1v) is 5.24. The summed E-state index contributed by atoms with van der Waals surface area (Å²) >= 11 is 0. The monoisotopic (exact) mass is 168 g/mol. The van der Waals surface area contributed by atoms with Gasteiger partial charge in [0.2, 0.25) is 0 Å². The van der Waals surface area contributed by atoms with Crippen molar-refractivity contribution < 1.29 is 0 Å². The Hall–Kier alpha value is -0.260. The molecule has 0 aromatic heterocycles. The van der Waals surface area contributed by atoms with Crippen molar-refractivity contribution in [3.63, 3.8) is 0 Å². The molecule has 0 heterocycles. The lowest BCUT2D eigenvalue weighted by atomic mass is 9.86. The molecule has 0 amide bonds. The van der Waals surface area contributed by atoms with E-state index in [9.17, 15) is 0 Å². The smallest absolute Gasteiger partial charge is 0.0236 e. The van der Waals surface area contributed by atoms with Crippen molar-refractivity contribution in [2.24, 2.45) is 17.8 Å². The lowest BCUT2D eigenvalue weighted by Gasteiger charge is -2.19. The first-order valence-electron chi connectivity index (χ1n) is 5.24. The summed E-state index contributed by atoms with van der Waals surface area (Å²) in [5.74, 6) is 2.45. The number of allylic oxidation sites excluding steroid dienone is 2. The molecule has 3 unspecified atom stereocenters. The second-order valence-electron chi connectivity index (χ2n) is 4.11. The predicted octanol–water partition coefficient (Wildman–Crippen LogP) is 4.27. The summed E-state index contributed by atoms with van der Waals surface area (Å²) in [5, 5.41) is 0. The van der Waals surface area contributed by atoms with Crippen LogP contribution in [0.15, 0.2) is 12.2 Å². The van der Waals surface area contributed by atoms with E-state index >= 15 is 0 Å². The zero-order chi connectivity index (χ0) is 9.56. The molecule has 0 aliphatic carbocycles. The summed E-state index contributed by atoms with van der Waals surface area (Å²) in [6.07, 6.45) is 7.15. The van der Waals surface area contributed by atoms with Crippen LogP contribution in [-0.2, 0) is 0 Å². The standard InChI is InChI=1S/C12H24/c1-6-8-11(4)12(5)9-10(3)7-2/h6,8,10-12H,7,9H2,1-5H3. The van der Waals surface area contributed by atoms with E-state index in [1.54, 1.807) is 0 Å². The average molecular weight is 168 g/mol. The van der Waals surface area contributed by atoms with Gasteiger partial charge in [-0.3, -0.25) is 0 Å². The van der Waals surface area contributed by atoms with E-state index in [4.69, 9.17) is 0 Å². The minimum Gasteiger partial charge on any atom is -0.0914 e. The van der Waals surface area contributed by atoms with Crippen LogP contribution in [0.3, 0.4) is 0 Å². The van der Waals surface area contributed by atoms with Gasteiger partial charge in [-0.1, -0.05) is 46.3 Å². The van der Waals surface area contributed by atoms with Crippen molar-refractivity contribution in [3.05, 3.63) is 12.2 Å². The summed E-state index contributed by atoms with van der Waals surface area (Å²) in [6.45, 7) is 11.4. The summed E-state index contributed by atoms with van der Waals surface area (Å²) in [4.78, 5) is 0. The molecule has 72 valence electrons. The second-order valence-corrected chi connectivity index (χ2v) is 4.11. The van der Waals surface area contributed by atoms with Crippen LogP contribution in [-0.4, -0.2) is 0 Å². The van der Waals surface area contributed by atoms with Gasteiger partial charge in [0.15, 0.2) is 0 Å². The van der Waals surface area contributed by atoms with Crippen LogP contribution in [0.5, 0.6) is 0 Å². The van der Waals surface area contributed by atoms with Gasteiger partial charge >= 0.3 is 0 Å². The van der Waals surface area contributed by atoms with E-state index in [1.165, 1.54) is 12.8 Å². The molecule has 0 nitrogen and oxygen atoms in total. The minimum atomic E-state index is 0.740. The lowest BCUT2D eigenvalue weighted by Crippen LogP contribution is -2.09. The number of rotatable bonds is 5. The summed E-state index contributed by atoms with van der Waals surface area (Å²) < 4.78 is 0. The lowest BCUT2D eigenvalue weighted by molar-refractivity contribution is 0.349. The van der Waals surface area contributed by atoms with Crippen LogP contribution in [0.4, 0.5) is 0 Å². The van der Waals surface area contributed by atoms with Gasteiger partial charge in [0.1, 0.15) is 0 Å². The maximum atomic E-state index is 2.36. The highest BCUT2D eigenvalue weighted by Crippen LogP contribution is 2.22. The van der Waals surface area contributed by atoms with Crippen LogP contribution < -0.4 is 0 Å². The Morgan fingerprint density at radius 1 is 1.17 bits per heavy atom. The van der Waals surface area contributed by atoms with E-state index < -0.39 is 0 Å². The molecule has 0 aromatic rings. The van der Waals surface area contributed by atoms with Crippen LogP contribution in [0.1, 0.15) is 47.5 Å². The van der Waals surface area contributed by atoms with Gasteiger partial charge in [-0.15, -0.1) is 0 Å². The normalized spacial score (nSPS) is 19.4. The van der Waals surface area contributed by atoms with E-state index in [0.29, 0.717) is 0 Å². The van der Waals surface area contributed by atoms with Crippen LogP contribution in [0.2, 0.25) is 0 Å². The molecule has 0 aliphatic rings. The molecule has 0 bridgehead atoms. The fraction of sp³-hybridized carbons (Fsp3) is 0.833. The van der Waals surface area contributed by atoms with Crippen molar-refractivity contribution in [1.29, 1.82) is 0 Å². The SMILES string of the molecule is CC=CC(C)C(C)CC(C)CC. The molecule has 3 atom stereocenters. The Morgan fingerprint density at radius 2 is 1.75 bits per heavy atom. The van der Waals surface area contributed by atoms with Gasteiger partial charge in [0.05, 0.1) is 0 Å². The Bertz CT molecular complexity index is 124. The molecule has 0 heteroatoms. The molecule has 0 aromatic carbocycles. The molecule has 0 fully saturated rings. The number of hydrogen-bond acceptors (Lipinski definition) is 0. The van der Waals surface area contributed by atoms with Crippen molar-refractivity contribution >= 4 is 0 Å². The molecule has 0 aliphatic heterocycles. The largest absolute Gasteiger partial charge is 0.0914 e. The Morgan fingerprint density at radius 3 is 2.17 bits per heavy atom. The highest BCUT2D eigenvalue weighted by Gasteiger charge is 2.11. The van der Waals surface area contributed by atoms with Gasteiger partial charge < -0.3 is 0 Å². The van der Waals surface area contributed by atoms with Gasteiger partial charge in [0, 0.05) is 0 Å². The highest BCUT2D eigenvalue weighted by atomic mass is 14.2. The van der Waals surface area contributed by atoms with Gasteiger partial charge in [-0.05, 0) is 31.1 Å². The molecule has 0 N–H and O–H groups in total. The Kier molecular flexibility index (Phi) is 6.14. The topological polar surface area (TPSA) is 0 Å². The zero-order valence-electron chi connectivity index (χ0n) is 9.30. The zero-order valence-corrected chi connectivity index (χ0v) is 9.30. The molecule has 0 spiro atoms. The molecule has 0 saturated carbocycles. The van der Waals surface area contributed by atoms with Crippen LogP contribution in [0.25, 0.3) is 0 Å². The maximum Gasteiger partial charge on any atom is -0.0236 e. The van der Waals surface area contributed by atoms with Crippen LogP contribution in [0, 0.1) is 17.8 Å². The average Bonchev–Trinajstić information content (AvgIpc) is 2.04. The first kappa shape index (κ1) is 11.7. The van der Waals surface area contributed by atoms with Gasteiger partial charge in [0.25, 0.3) is 0 Å². The van der Waals surface area contributed by atoms with Crippen molar-refractivity contribution in [2.45, 2.75) is 47.5 Å². The summed E-state index contributed by atoms with van der Waals surface area (Å²) in [6, 6.07) is 0. The third-order valence-electron chi connectivity index (χ3n) is 2.86. The van der Waals surface area contributed by atoms with Gasteiger partial charge in [-0.2, -0.15) is 0 Å². The minimum absolute atomic E-state index is 0.740. The predicted molar refractivity (Wildman–Crippen MR) is 57.2 cm³/mol. The summed E-state index contributed by atoms with van der Waals surface area (Å²) in [5.41, 5.74) is 0. The first-order chi connectivity index (χ1) is 5.61. The Labute approximate surface area is 78.1 Å². The number of hydrogen-bond donors (Lipinski definition) is 0. The fourth-order valence-electron chi connectivity index (χ4n) is 1.51. The molecule has 0 radical (unpaired) electrons. The molecular formula is C12H24. The second kappa shape index (κ2) is 6.28. The third kappa shape index (κ3) is 4.58. The third-order valence-corrected chi connectivity index (χ3v) is 2.86. The Balaban J connectivity index is 3.77. The van der Waals surface area contributed by atoms with E-state index in [1.807, 2.05) is 0 Å². The quantitative estimate of drug-likeness (QED) is 0.538. The van der Waals surface area contributed by atoms with Crippen molar-refractivity contribution in [1.82, 2.24) is 0 Å². The maximum absolute atomic E-state index is 2.36. The molecule has 0 saturated heterocycles. The molecule has 0 rings (SSSR count). The molecular weight excluding hydrogens is 144 g/mol. The van der Waals surface area contributed by atoms with Gasteiger partial charge in [-0.25, -0.2) is 0 Å². The fourth-order valence-corrected chi connectivity index (χ4v) is 1.51. The van der Waals surface area contributed by atoms with E-state index in [0.717, 1.165) is 17.8 Å². The van der Waals surface area contributed by atoms with E-state index in [-0.39, 0.29) is 0 Å². The molecule has 12 heavy (non-hydrogen) atoms. The van der Waals surface area contributed by atoms with E-state index in [2.05, 4.69) is 46.8 Å². The summed E-state index contributed by atoms with van der Waals surface area (Å²) in [7, 11) is 0.